The van der Waals surface area contributed by atoms with Crippen molar-refractivity contribution in [2.45, 2.75) is 19.0 Å². The molecule has 2 aromatic heterocycles. The minimum absolute atomic E-state index is 0.165. The van der Waals surface area contributed by atoms with Crippen molar-refractivity contribution in [3.63, 3.8) is 0 Å². The van der Waals surface area contributed by atoms with E-state index < -0.39 is 0 Å². The van der Waals surface area contributed by atoms with Gasteiger partial charge in [0.25, 0.3) is 0 Å². The van der Waals surface area contributed by atoms with E-state index in [9.17, 15) is 4.79 Å². The zero-order chi connectivity index (χ0) is 20.2. The Balaban J connectivity index is 1.60. The third kappa shape index (κ3) is 4.38. The highest BCUT2D eigenvalue weighted by molar-refractivity contribution is 7.99. The van der Waals surface area contributed by atoms with E-state index in [1.807, 2.05) is 66.1 Å². The van der Waals surface area contributed by atoms with Gasteiger partial charge in [-0.1, -0.05) is 64.9 Å². The van der Waals surface area contributed by atoms with Crippen molar-refractivity contribution < 1.29 is 9.32 Å². The monoisotopic (exact) mass is 405 g/mol. The molecule has 4 aromatic rings. The third-order valence-electron chi connectivity index (χ3n) is 4.18. The van der Waals surface area contributed by atoms with E-state index in [4.69, 9.17) is 4.52 Å². The molecule has 0 unspecified atom stereocenters. The van der Waals surface area contributed by atoms with Gasteiger partial charge in [0.2, 0.25) is 11.8 Å². The summed E-state index contributed by atoms with van der Waals surface area (Å²) in [5, 5.41) is 15.8. The number of rotatable bonds is 6. The summed E-state index contributed by atoms with van der Waals surface area (Å²) in [6, 6.07) is 19.6. The van der Waals surface area contributed by atoms with Crippen LogP contribution in [0.25, 0.3) is 17.1 Å². The standard InChI is InChI=1S/C21H19N5O2S/c1-14-8-10-17(11-9-14)26-20(16-6-4-3-5-7-16)23-24-21(26)29-13-18(27)22-19-12-15(2)25-28-19/h3-12H,13H2,1-2H3,(H,22,27). The van der Waals surface area contributed by atoms with Crippen molar-refractivity contribution in [3.05, 3.63) is 71.9 Å². The second kappa shape index (κ2) is 8.32. The lowest BCUT2D eigenvalue weighted by atomic mass is 10.2. The zero-order valence-electron chi connectivity index (χ0n) is 16.0. The third-order valence-corrected chi connectivity index (χ3v) is 5.11. The number of benzene rings is 2. The SMILES string of the molecule is Cc1ccc(-n2c(SCC(=O)Nc3cc(C)no3)nnc2-c2ccccc2)cc1. The molecule has 0 saturated heterocycles. The summed E-state index contributed by atoms with van der Waals surface area (Å²) >= 11 is 1.31. The Hall–Kier alpha value is -3.39. The fourth-order valence-electron chi connectivity index (χ4n) is 2.79. The minimum atomic E-state index is -0.203. The van der Waals surface area contributed by atoms with Crippen LogP contribution >= 0.6 is 11.8 Å². The Bertz CT molecular complexity index is 1120. The van der Waals surface area contributed by atoms with E-state index in [1.165, 1.54) is 17.3 Å². The Morgan fingerprint density at radius 2 is 1.83 bits per heavy atom. The largest absolute Gasteiger partial charge is 0.338 e. The highest BCUT2D eigenvalue weighted by atomic mass is 32.2. The summed E-state index contributed by atoms with van der Waals surface area (Å²) in [6.45, 7) is 3.84. The van der Waals surface area contributed by atoms with Gasteiger partial charge in [-0.3, -0.25) is 14.7 Å². The lowest BCUT2D eigenvalue weighted by Crippen LogP contribution is -2.14. The molecule has 2 heterocycles. The van der Waals surface area contributed by atoms with Crippen molar-refractivity contribution in [1.29, 1.82) is 0 Å². The first-order chi connectivity index (χ1) is 14.1. The molecular formula is C21H19N5O2S. The van der Waals surface area contributed by atoms with Crippen molar-refractivity contribution >= 4 is 23.6 Å². The maximum Gasteiger partial charge on any atom is 0.237 e. The molecule has 1 amide bonds. The lowest BCUT2D eigenvalue weighted by molar-refractivity contribution is -0.113. The quantitative estimate of drug-likeness (QED) is 0.482. The van der Waals surface area contributed by atoms with Crippen LogP contribution in [0.15, 0.2) is 70.3 Å². The van der Waals surface area contributed by atoms with Crippen LogP contribution < -0.4 is 5.32 Å². The van der Waals surface area contributed by atoms with E-state index >= 15 is 0 Å². The molecule has 0 bridgehead atoms. The van der Waals surface area contributed by atoms with Crippen molar-refractivity contribution in [3.8, 4) is 17.1 Å². The molecule has 146 valence electrons. The molecule has 0 aliphatic carbocycles. The minimum Gasteiger partial charge on any atom is -0.338 e. The number of aromatic nitrogens is 4. The second-order valence-electron chi connectivity index (χ2n) is 6.51. The zero-order valence-corrected chi connectivity index (χ0v) is 16.8. The first kappa shape index (κ1) is 18.9. The van der Waals surface area contributed by atoms with Crippen molar-refractivity contribution in [1.82, 2.24) is 19.9 Å². The molecule has 0 aliphatic heterocycles. The number of nitrogens with one attached hydrogen (secondary N) is 1. The Kier molecular flexibility index (Phi) is 5.44. The predicted octanol–water partition coefficient (Wildman–Crippen LogP) is 4.27. The van der Waals surface area contributed by atoms with Gasteiger partial charge in [-0.2, -0.15) is 0 Å². The maximum absolute atomic E-state index is 12.3. The number of aryl methyl sites for hydroxylation is 2. The normalized spacial score (nSPS) is 10.8. The van der Waals surface area contributed by atoms with Crippen LogP contribution in [0.1, 0.15) is 11.3 Å². The van der Waals surface area contributed by atoms with Crippen molar-refractivity contribution in [2.24, 2.45) is 0 Å². The summed E-state index contributed by atoms with van der Waals surface area (Å²) in [5.41, 5.74) is 3.76. The topological polar surface area (TPSA) is 85.8 Å². The molecule has 7 nitrogen and oxygen atoms in total. The average molecular weight is 405 g/mol. The van der Waals surface area contributed by atoms with Gasteiger partial charge in [0, 0.05) is 17.3 Å². The van der Waals surface area contributed by atoms with E-state index in [0.717, 1.165) is 17.1 Å². The van der Waals surface area contributed by atoms with Crippen LogP contribution in [0.4, 0.5) is 5.88 Å². The molecule has 8 heteroatoms. The van der Waals surface area contributed by atoms with Gasteiger partial charge in [-0.15, -0.1) is 10.2 Å². The molecule has 0 aliphatic rings. The van der Waals surface area contributed by atoms with Gasteiger partial charge in [0.15, 0.2) is 11.0 Å². The van der Waals surface area contributed by atoms with Crippen LogP contribution in [-0.4, -0.2) is 31.6 Å². The number of amides is 1. The van der Waals surface area contributed by atoms with Gasteiger partial charge in [-0.25, -0.2) is 0 Å². The number of carbonyl (C=O) groups is 1. The number of hydrogen-bond acceptors (Lipinski definition) is 6. The van der Waals surface area contributed by atoms with E-state index in [0.29, 0.717) is 16.7 Å². The second-order valence-corrected chi connectivity index (χ2v) is 7.46. The summed E-state index contributed by atoms with van der Waals surface area (Å²) in [7, 11) is 0. The Morgan fingerprint density at radius 1 is 1.07 bits per heavy atom. The van der Waals surface area contributed by atoms with Crippen LogP contribution in [0.2, 0.25) is 0 Å². The molecule has 0 fully saturated rings. The van der Waals surface area contributed by atoms with Gasteiger partial charge in [0.1, 0.15) is 0 Å². The van der Waals surface area contributed by atoms with E-state index in [1.54, 1.807) is 13.0 Å². The molecule has 0 radical (unpaired) electrons. The fourth-order valence-corrected chi connectivity index (χ4v) is 3.54. The molecular weight excluding hydrogens is 386 g/mol. The maximum atomic E-state index is 12.3. The molecule has 29 heavy (non-hydrogen) atoms. The number of hydrogen-bond donors (Lipinski definition) is 1. The predicted molar refractivity (Wildman–Crippen MR) is 112 cm³/mol. The Morgan fingerprint density at radius 3 is 2.52 bits per heavy atom. The molecule has 1 N–H and O–H groups in total. The van der Waals surface area contributed by atoms with Gasteiger partial charge >= 0.3 is 0 Å². The summed E-state index contributed by atoms with van der Waals surface area (Å²) < 4.78 is 6.99. The Labute approximate surface area is 172 Å². The summed E-state index contributed by atoms with van der Waals surface area (Å²) in [4.78, 5) is 12.3. The molecule has 0 saturated carbocycles. The van der Waals surface area contributed by atoms with Gasteiger partial charge < -0.3 is 4.52 Å². The lowest BCUT2D eigenvalue weighted by Gasteiger charge is -2.10. The highest BCUT2D eigenvalue weighted by Crippen LogP contribution is 2.28. The fraction of sp³-hybridized carbons (Fsp3) is 0.143. The van der Waals surface area contributed by atoms with Crippen LogP contribution in [0.3, 0.4) is 0 Å². The first-order valence-corrected chi connectivity index (χ1v) is 10.0. The number of anilines is 1. The molecule has 2 aromatic carbocycles. The molecule has 4 rings (SSSR count). The van der Waals surface area contributed by atoms with Crippen LogP contribution in [0.5, 0.6) is 0 Å². The van der Waals surface area contributed by atoms with Crippen LogP contribution in [-0.2, 0) is 4.79 Å². The van der Waals surface area contributed by atoms with E-state index in [2.05, 4.69) is 20.7 Å². The average Bonchev–Trinajstić information content (AvgIpc) is 3.34. The first-order valence-electron chi connectivity index (χ1n) is 9.04. The van der Waals surface area contributed by atoms with Gasteiger partial charge in [0.05, 0.1) is 11.4 Å². The smallest absolute Gasteiger partial charge is 0.237 e. The van der Waals surface area contributed by atoms with Gasteiger partial charge in [-0.05, 0) is 26.0 Å². The molecule has 0 spiro atoms. The van der Waals surface area contributed by atoms with Crippen LogP contribution in [0, 0.1) is 13.8 Å². The highest BCUT2D eigenvalue weighted by Gasteiger charge is 2.17. The summed E-state index contributed by atoms with van der Waals surface area (Å²) in [5.74, 6) is 1.02. The number of carbonyl (C=O) groups excluding carboxylic acids is 1. The van der Waals surface area contributed by atoms with Crippen molar-refractivity contribution in [2.75, 3.05) is 11.1 Å². The molecule has 0 atom stereocenters. The number of thioether (sulfide) groups is 1. The van der Waals surface area contributed by atoms with E-state index in [-0.39, 0.29) is 11.7 Å². The number of nitrogens with zero attached hydrogens (tertiary/aromatic N) is 4. The summed E-state index contributed by atoms with van der Waals surface area (Å²) in [6.07, 6.45) is 0.